The minimum absolute atomic E-state index is 0.253. The second kappa shape index (κ2) is 7.27. The largest absolute Gasteiger partial charge is 0.393 e. The van der Waals surface area contributed by atoms with Crippen molar-refractivity contribution in [3.63, 3.8) is 0 Å². The second-order valence-electron chi connectivity index (χ2n) is 5.05. The number of aliphatic hydroxyl groups excluding tert-OH is 1. The predicted octanol–water partition coefficient (Wildman–Crippen LogP) is 3.70. The van der Waals surface area contributed by atoms with Crippen LogP contribution in [0.15, 0.2) is 28.7 Å². The first kappa shape index (κ1) is 14.0. The summed E-state index contributed by atoms with van der Waals surface area (Å²) in [6.45, 7) is 0.896. The number of hydrogen-bond donors (Lipinski definition) is 1. The highest BCUT2D eigenvalue weighted by Gasteiger charge is 2.15. The molecule has 1 N–H and O–H groups in total. The van der Waals surface area contributed by atoms with Crippen molar-refractivity contribution in [2.24, 2.45) is 0 Å². The lowest BCUT2D eigenvalue weighted by molar-refractivity contribution is 0.00234. The molecule has 0 saturated carbocycles. The van der Waals surface area contributed by atoms with Gasteiger partial charge in [-0.25, -0.2) is 0 Å². The maximum absolute atomic E-state index is 10.0. The van der Waals surface area contributed by atoms with E-state index in [-0.39, 0.29) is 6.10 Å². The Kier molecular flexibility index (Phi) is 5.67. The number of rotatable bonds is 5. The maximum Gasteiger partial charge on any atom is 0.0581 e. The van der Waals surface area contributed by atoms with Gasteiger partial charge in [0.05, 0.1) is 12.2 Å². The number of hydrogen-bond acceptors (Lipinski definition) is 2. The second-order valence-corrected chi connectivity index (χ2v) is 5.97. The van der Waals surface area contributed by atoms with E-state index in [0.717, 1.165) is 36.8 Å². The van der Waals surface area contributed by atoms with Crippen LogP contribution >= 0.6 is 15.9 Å². The molecule has 2 nitrogen and oxygen atoms in total. The van der Waals surface area contributed by atoms with Crippen molar-refractivity contribution in [2.75, 3.05) is 6.61 Å². The molecule has 2 unspecified atom stereocenters. The van der Waals surface area contributed by atoms with Gasteiger partial charge in [-0.3, -0.25) is 0 Å². The van der Waals surface area contributed by atoms with Crippen molar-refractivity contribution in [3.05, 3.63) is 34.3 Å². The van der Waals surface area contributed by atoms with Crippen LogP contribution in [0.25, 0.3) is 0 Å². The fourth-order valence-corrected chi connectivity index (χ4v) is 2.67. The van der Waals surface area contributed by atoms with Gasteiger partial charge in [0.25, 0.3) is 0 Å². The highest BCUT2D eigenvalue weighted by Crippen LogP contribution is 2.19. The zero-order chi connectivity index (χ0) is 12.8. The molecular weight excluding hydrogens is 292 g/mol. The van der Waals surface area contributed by atoms with Crippen molar-refractivity contribution in [3.8, 4) is 0 Å². The average molecular weight is 313 g/mol. The van der Waals surface area contributed by atoms with Crippen molar-refractivity contribution < 1.29 is 9.84 Å². The summed E-state index contributed by atoms with van der Waals surface area (Å²) in [4.78, 5) is 0. The summed E-state index contributed by atoms with van der Waals surface area (Å²) in [5.41, 5.74) is 1.19. The Bertz CT molecular complexity index is 344. The molecule has 0 bridgehead atoms. The SMILES string of the molecule is OC(CCC1CCCCO1)Cc1ccc(Br)cc1. The minimum atomic E-state index is -0.253. The molecule has 1 heterocycles. The Morgan fingerprint density at radius 2 is 2.06 bits per heavy atom. The van der Waals surface area contributed by atoms with E-state index in [0.29, 0.717) is 6.10 Å². The normalized spacial score (nSPS) is 21.8. The first-order chi connectivity index (χ1) is 8.74. The third-order valence-corrected chi connectivity index (χ3v) is 4.01. The molecule has 0 aromatic heterocycles. The summed E-state index contributed by atoms with van der Waals surface area (Å²) < 4.78 is 6.76. The van der Waals surface area contributed by atoms with Crippen molar-refractivity contribution >= 4 is 15.9 Å². The Morgan fingerprint density at radius 3 is 2.72 bits per heavy atom. The van der Waals surface area contributed by atoms with Gasteiger partial charge in [-0.15, -0.1) is 0 Å². The Hall–Kier alpha value is -0.380. The highest BCUT2D eigenvalue weighted by molar-refractivity contribution is 9.10. The van der Waals surface area contributed by atoms with Crippen LogP contribution in [0, 0.1) is 0 Å². The zero-order valence-electron chi connectivity index (χ0n) is 10.6. The molecule has 1 aromatic carbocycles. The van der Waals surface area contributed by atoms with Crippen molar-refractivity contribution in [2.45, 2.75) is 50.7 Å². The van der Waals surface area contributed by atoms with Gasteiger partial charge in [0.1, 0.15) is 0 Å². The molecule has 0 amide bonds. The molecule has 1 aliphatic heterocycles. The van der Waals surface area contributed by atoms with Gasteiger partial charge in [0, 0.05) is 11.1 Å². The molecule has 1 aromatic rings. The van der Waals surface area contributed by atoms with E-state index in [1.807, 2.05) is 12.1 Å². The Balaban J connectivity index is 1.71. The lowest BCUT2D eigenvalue weighted by Crippen LogP contribution is -2.21. The van der Waals surface area contributed by atoms with E-state index in [2.05, 4.69) is 28.1 Å². The fraction of sp³-hybridized carbons (Fsp3) is 0.600. The first-order valence-corrected chi connectivity index (χ1v) is 7.57. The topological polar surface area (TPSA) is 29.5 Å². The smallest absolute Gasteiger partial charge is 0.0581 e. The molecule has 100 valence electrons. The van der Waals surface area contributed by atoms with Gasteiger partial charge in [0.15, 0.2) is 0 Å². The van der Waals surface area contributed by atoms with Gasteiger partial charge >= 0.3 is 0 Å². The van der Waals surface area contributed by atoms with Gasteiger partial charge < -0.3 is 9.84 Å². The van der Waals surface area contributed by atoms with Crippen LogP contribution in [0.4, 0.5) is 0 Å². The van der Waals surface area contributed by atoms with Crippen LogP contribution < -0.4 is 0 Å². The Labute approximate surface area is 117 Å². The maximum atomic E-state index is 10.0. The highest BCUT2D eigenvalue weighted by atomic mass is 79.9. The molecule has 1 aliphatic rings. The number of ether oxygens (including phenoxy) is 1. The lowest BCUT2D eigenvalue weighted by Gasteiger charge is -2.23. The van der Waals surface area contributed by atoms with Gasteiger partial charge in [0.2, 0.25) is 0 Å². The van der Waals surface area contributed by atoms with Crippen molar-refractivity contribution in [1.82, 2.24) is 0 Å². The zero-order valence-corrected chi connectivity index (χ0v) is 12.2. The third kappa shape index (κ3) is 4.71. The van der Waals surface area contributed by atoms with Crippen LogP contribution in [0.3, 0.4) is 0 Å². The van der Waals surface area contributed by atoms with E-state index < -0.39 is 0 Å². The van der Waals surface area contributed by atoms with E-state index in [9.17, 15) is 5.11 Å². The number of benzene rings is 1. The summed E-state index contributed by atoms with van der Waals surface area (Å²) >= 11 is 3.42. The van der Waals surface area contributed by atoms with Crippen LogP contribution in [-0.4, -0.2) is 23.9 Å². The van der Waals surface area contributed by atoms with Crippen molar-refractivity contribution in [1.29, 1.82) is 0 Å². The molecule has 18 heavy (non-hydrogen) atoms. The summed E-state index contributed by atoms with van der Waals surface area (Å²) in [5, 5.41) is 10.0. The quantitative estimate of drug-likeness (QED) is 0.898. The van der Waals surface area contributed by atoms with E-state index in [4.69, 9.17) is 4.74 Å². The standard InChI is InChI=1S/C15H21BrO2/c16-13-6-4-12(5-7-13)11-14(17)8-9-15-3-1-2-10-18-15/h4-7,14-15,17H,1-3,8-11H2. The lowest BCUT2D eigenvalue weighted by atomic mass is 9.99. The molecule has 2 atom stereocenters. The monoisotopic (exact) mass is 312 g/mol. The van der Waals surface area contributed by atoms with Crippen LogP contribution in [0.2, 0.25) is 0 Å². The van der Waals surface area contributed by atoms with Gasteiger partial charge in [-0.2, -0.15) is 0 Å². The van der Waals surface area contributed by atoms with Crippen LogP contribution in [0.1, 0.15) is 37.7 Å². The molecule has 0 radical (unpaired) electrons. The molecule has 1 saturated heterocycles. The molecule has 1 fully saturated rings. The summed E-state index contributed by atoms with van der Waals surface area (Å²) in [5.74, 6) is 0. The molecular formula is C15H21BrO2. The molecule has 0 spiro atoms. The fourth-order valence-electron chi connectivity index (χ4n) is 2.41. The predicted molar refractivity (Wildman–Crippen MR) is 76.7 cm³/mol. The number of aliphatic hydroxyl groups is 1. The van der Waals surface area contributed by atoms with Crippen LogP contribution in [-0.2, 0) is 11.2 Å². The molecule has 3 heteroatoms. The number of halogens is 1. The minimum Gasteiger partial charge on any atom is -0.393 e. The summed E-state index contributed by atoms with van der Waals surface area (Å²) in [6, 6.07) is 8.16. The van der Waals surface area contributed by atoms with E-state index in [1.54, 1.807) is 0 Å². The average Bonchev–Trinajstić information content (AvgIpc) is 2.40. The molecule has 2 rings (SSSR count). The molecule has 0 aliphatic carbocycles. The first-order valence-electron chi connectivity index (χ1n) is 6.78. The summed E-state index contributed by atoms with van der Waals surface area (Å²) in [6.07, 6.45) is 6.30. The Morgan fingerprint density at radius 1 is 1.28 bits per heavy atom. The van der Waals surface area contributed by atoms with Gasteiger partial charge in [-0.1, -0.05) is 28.1 Å². The van der Waals surface area contributed by atoms with Gasteiger partial charge in [-0.05, 0) is 56.2 Å². The third-order valence-electron chi connectivity index (χ3n) is 3.48. The van der Waals surface area contributed by atoms with Crippen LogP contribution in [0.5, 0.6) is 0 Å². The summed E-state index contributed by atoms with van der Waals surface area (Å²) in [7, 11) is 0. The van der Waals surface area contributed by atoms with E-state index >= 15 is 0 Å². The van der Waals surface area contributed by atoms with E-state index in [1.165, 1.54) is 18.4 Å².